The van der Waals surface area contributed by atoms with Crippen molar-refractivity contribution in [2.45, 2.75) is 117 Å². The topological polar surface area (TPSA) is 0 Å². The summed E-state index contributed by atoms with van der Waals surface area (Å²) in [7, 11) is 11.0. The third kappa shape index (κ3) is 14.0. The number of hydrogen-bond acceptors (Lipinski definition) is 0. The number of rotatable bonds is 8. The number of halogens is 14. The van der Waals surface area contributed by atoms with Crippen molar-refractivity contribution in [3.63, 3.8) is 0 Å². The molecule has 6 aromatic rings. The molecule has 0 bridgehead atoms. The van der Waals surface area contributed by atoms with Gasteiger partial charge in [-0.1, -0.05) is 89.7 Å². The van der Waals surface area contributed by atoms with Crippen LogP contribution in [0, 0.1) is 0 Å². The summed E-state index contributed by atoms with van der Waals surface area (Å²) in [5.74, 6) is 0.486. The van der Waals surface area contributed by atoms with Gasteiger partial charge in [-0.25, -0.2) is 0 Å². The van der Waals surface area contributed by atoms with E-state index in [-0.39, 0.29) is 35.1 Å². The summed E-state index contributed by atoms with van der Waals surface area (Å²) < 4.78 is 160. The fraction of sp³-hybridized carbons (Fsp3) is 0.375. The van der Waals surface area contributed by atoms with Crippen molar-refractivity contribution >= 4 is 48.1 Å². The van der Waals surface area contributed by atoms with Crippen molar-refractivity contribution in [1.82, 2.24) is 0 Å². The van der Waals surface area contributed by atoms with Crippen molar-refractivity contribution in [2.75, 3.05) is 0 Å². The molecule has 6 aromatic carbocycles. The standard InChI is InChI=1S/2C23H21F6.C2H6Si.2ClH.Zr/c2*1-4-13(3)16-8-15-7-6-14(5-2)21(20(15)11-16)17-9-18(22(24,25)26)12-19(10-17)23(27,28)29;1-3-2;;;/h2*6-13H,4-5H2,1-3H3;1-2H3;2*1H;/q2*-1;;;;+4/p-2. The summed E-state index contributed by atoms with van der Waals surface area (Å²) in [6.07, 6.45) is -16.7. The van der Waals surface area contributed by atoms with Gasteiger partial charge >= 0.3 is 62.6 Å². The zero-order valence-corrected chi connectivity index (χ0v) is 41.3. The van der Waals surface area contributed by atoms with Crippen LogP contribution in [-0.4, -0.2) is 9.52 Å². The summed E-state index contributed by atoms with van der Waals surface area (Å²) in [6, 6.07) is 18.7. The molecule has 2 unspecified atom stereocenters. The third-order valence-corrected chi connectivity index (χ3v) is 10.9. The number of fused-ring (bicyclic) bond motifs is 2. The van der Waals surface area contributed by atoms with Gasteiger partial charge < -0.3 is 0 Å². The Balaban J connectivity index is 0.000000303. The van der Waals surface area contributed by atoms with Crippen LogP contribution < -0.4 is 0 Å². The third-order valence-electron chi connectivity index (χ3n) is 10.9. The molecule has 0 aliphatic carbocycles. The molecule has 0 aromatic heterocycles. The van der Waals surface area contributed by atoms with Gasteiger partial charge in [-0.3, -0.25) is 0 Å². The summed E-state index contributed by atoms with van der Waals surface area (Å²) >= 11 is -0.826. The maximum atomic E-state index is 13.3. The molecular formula is C48H48Cl2F12SiZr. The van der Waals surface area contributed by atoms with Crippen LogP contribution in [0.1, 0.15) is 111 Å². The van der Waals surface area contributed by atoms with E-state index in [1.165, 1.54) is 0 Å². The van der Waals surface area contributed by atoms with E-state index in [9.17, 15) is 52.7 Å². The van der Waals surface area contributed by atoms with Gasteiger partial charge in [0.25, 0.3) is 0 Å². The molecule has 0 aliphatic heterocycles. The van der Waals surface area contributed by atoms with Crippen LogP contribution in [0.25, 0.3) is 43.8 Å². The van der Waals surface area contributed by atoms with Gasteiger partial charge in [0.1, 0.15) is 0 Å². The average Bonchev–Trinajstić information content (AvgIpc) is 3.87. The molecular weight excluding hydrogens is 995 g/mol. The van der Waals surface area contributed by atoms with Gasteiger partial charge in [0.2, 0.25) is 0 Å². The quantitative estimate of drug-likeness (QED) is 0.0810. The monoisotopic (exact) mass is 1040 g/mol. The van der Waals surface area contributed by atoms with E-state index in [1.54, 1.807) is 12.1 Å². The molecule has 64 heavy (non-hydrogen) atoms. The Morgan fingerprint density at radius 1 is 0.500 bits per heavy atom. The van der Waals surface area contributed by atoms with E-state index in [0.29, 0.717) is 45.9 Å². The first-order valence-electron chi connectivity index (χ1n) is 20.3. The molecule has 16 heteroatoms. The van der Waals surface area contributed by atoms with Crippen LogP contribution in [0.4, 0.5) is 52.7 Å². The number of alkyl halides is 12. The minimum atomic E-state index is -4.87. The van der Waals surface area contributed by atoms with Crippen molar-refractivity contribution in [1.29, 1.82) is 0 Å². The van der Waals surface area contributed by atoms with Crippen molar-refractivity contribution in [2.24, 2.45) is 0 Å². The van der Waals surface area contributed by atoms with Crippen molar-refractivity contribution < 1.29 is 73.5 Å². The predicted octanol–water partition coefficient (Wildman–Crippen LogP) is 18.8. The Kier molecular flexibility index (Phi) is 19.9. The van der Waals surface area contributed by atoms with E-state index in [0.717, 1.165) is 68.5 Å². The van der Waals surface area contributed by atoms with Crippen LogP contribution in [0.2, 0.25) is 13.1 Å². The second-order valence-electron chi connectivity index (χ2n) is 15.3. The maximum absolute atomic E-state index is 13.3. The Morgan fingerprint density at radius 3 is 0.984 bits per heavy atom. The molecule has 346 valence electrons. The second kappa shape index (κ2) is 23.1. The molecule has 0 amide bonds. The zero-order chi connectivity index (χ0) is 48.5. The van der Waals surface area contributed by atoms with Gasteiger partial charge in [0.15, 0.2) is 0 Å². The Labute approximate surface area is 387 Å². The van der Waals surface area contributed by atoms with E-state index in [2.05, 4.69) is 13.1 Å². The molecule has 2 radical (unpaired) electrons. The number of hydrogen-bond donors (Lipinski definition) is 0. The summed E-state index contributed by atoms with van der Waals surface area (Å²) in [5, 5.41) is 3.01. The fourth-order valence-electron chi connectivity index (χ4n) is 7.21. The van der Waals surface area contributed by atoms with E-state index >= 15 is 0 Å². The molecule has 0 heterocycles. The minimum absolute atomic E-state index is 0.0594. The van der Waals surface area contributed by atoms with Crippen LogP contribution in [0.15, 0.2) is 84.9 Å². The van der Waals surface area contributed by atoms with Crippen LogP contribution in [0.3, 0.4) is 0 Å². The first-order valence-corrected chi connectivity index (χ1v) is 28.7. The Bertz CT molecular complexity index is 2210. The van der Waals surface area contributed by atoms with Gasteiger partial charge in [-0.2, -0.15) is 64.8 Å². The van der Waals surface area contributed by atoms with Gasteiger partial charge in [0, 0.05) is 9.52 Å². The van der Waals surface area contributed by atoms with Gasteiger partial charge in [-0.05, 0) is 72.2 Å². The van der Waals surface area contributed by atoms with Crippen molar-refractivity contribution in [3.8, 4) is 22.3 Å². The summed E-state index contributed by atoms with van der Waals surface area (Å²) in [4.78, 5) is 0. The van der Waals surface area contributed by atoms with Crippen LogP contribution in [-0.2, 0) is 58.4 Å². The van der Waals surface area contributed by atoms with Gasteiger partial charge in [-0.15, -0.1) is 69.1 Å². The summed E-state index contributed by atoms with van der Waals surface area (Å²) in [5.41, 5.74) is -0.938. The van der Waals surface area contributed by atoms with E-state index < -0.39 is 67.8 Å². The average molecular weight is 1040 g/mol. The van der Waals surface area contributed by atoms with Crippen LogP contribution >= 0.6 is 17.0 Å². The van der Waals surface area contributed by atoms with Crippen LogP contribution in [0.5, 0.6) is 0 Å². The molecule has 0 nitrogen and oxygen atoms in total. The molecule has 0 aliphatic rings. The Morgan fingerprint density at radius 2 is 0.766 bits per heavy atom. The second-order valence-corrected chi connectivity index (χ2v) is 20.0. The van der Waals surface area contributed by atoms with Crippen molar-refractivity contribution in [3.05, 3.63) is 129 Å². The molecule has 0 saturated heterocycles. The van der Waals surface area contributed by atoms with E-state index in [1.807, 2.05) is 77.9 Å². The van der Waals surface area contributed by atoms with Gasteiger partial charge in [0.05, 0.1) is 22.3 Å². The number of aryl methyl sites for hydroxylation is 2. The first kappa shape index (κ1) is 55.3. The fourth-order valence-corrected chi connectivity index (χ4v) is 7.21. The summed E-state index contributed by atoms with van der Waals surface area (Å²) in [6.45, 7) is 16.1. The molecule has 0 N–H and O–H groups in total. The molecule has 2 atom stereocenters. The molecule has 0 spiro atoms. The van der Waals surface area contributed by atoms with E-state index in [4.69, 9.17) is 17.0 Å². The SMILES string of the molecule is CCc1ccc2[cH-]c(C(C)CC)cc2c1-c1cc(C(F)(F)F)cc(C(F)(F)F)c1.CCc1ccc2[cH-]c(C(C)CC)cc2c1-c1cc(C(F)(F)F)cc(C(F)(F)F)c1.C[Si]C.[Cl][Zr+2][Cl]. The predicted molar refractivity (Wildman–Crippen MR) is 235 cm³/mol. The number of benzene rings is 4. The molecule has 0 fully saturated rings. The first-order chi connectivity index (χ1) is 29.7. The molecule has 0 saturated carbocycles. The molecule has 6 rings (SSSR count). The normalized spacial score (nSPS) is 13.0. The Hall–Kier alpha value is -3.06. The zero-order valence-electron chi connectivity index (χ0n) is 36.4.